The van der Waals surface area contributed by atoms with Crippen molar-refractivity contribution in [1.82, 2.24) is 9.88 Å². The van der Waals surface area contributed by atoms with Crippen LogP contribution < -0.4 is 18.6 Å². The fourth-order valence-electron chi connectivity index (χ4n) is 1.09. The third-order valence-electron chi connectivity index (χ3n) is 1.80. The van der Waals surface area contributed by atoms with Gasteiger partial charge in [0, 0.05) is 19.0 Å². The first-order chi connectivity index (χ1) is 10.2. The first-order valence-electron chi connectivity index (χ1n) is 5.86. The molecule has 1 radical (unpaired) electrons. The smallest absolute Gasteiger partial charge is 0.373 e. The number of hydrogen-bond donors (Lipinski definition) is 0. The van der Waals surface area contributed by atoms with E-state index in [0.29, 0.717) is 0 Å². The van der Waals surface area contributed by atoms with E-state index in [9.17, 15) is 0 Å². The number of aromatic nitrogens is 1. The molecule has 0 saturated carbocycles. The maximum absolute atomic E-state index is 8.49. The summed E-state index contributed by atoms with van der Waals surface area (Å²) >= 11 is 0. The van der Waals surface area contributed by atoms with E-state index in [0.717, 1.165) is 25.2 Å². The van der Waals surface area contributed by atoms with Crippen LogP contribution >= 0.6 is 0 Å². The molecule has 0 atom stereocenters. The van der Waals surface area contributed by atoms with Crippen molar-refractivity contribution >= 4 is 6.21 Å². The van der Waals surface area contributed by atoms with E-state index in [1.807, 2.05) is 24.4 Å². The Labute approximate surface area is 147 Å². The van der Waals surface area contributed by atoms with Crippen LogP contribution in [0.1, 0.15) is 12.1 Å². The Morgan fingerprint density at radius 1 is 1.26 bits per heavy atom. The Bertz CT molecular complexity index is 432. The topological polar surface area (TPSA) is 179 Å². The Morgan fingerprint density at radius 3 is 2.17 bits per heavy atom. The summed E-state index contributed by atoms with van der Waals surface area (Å²) in [6, 6.07) is 5.83. The zero-order chi connectivity index (χ0) is 17.4. The molecule has 0 aliphatic heterocycles. The van der Waals surface area contributed by atoms with Gasteiger partial charge in [0.25, 0.3) is 0 Å². The Hall–Kier alpha value is -1.26. The quantitative estimate of drug-likeness (QED) is 0.133. The number of aliphatic imine (C=N–C) groups is 1. The van der Waals surface area contributed by atoms with E-state index in [1.165, 1.54) is 4.91 Å². The molecule has 1 aromatic heterocycles. The second kappa shape index (κ2) is 17.1. The Kier molecular flexibility index (Phi) is 19.8. The fraction of sp³-hybridized carbons (Fsp3) is 0.455. The molecule has 0 fully saturated rings. The molecule has 1 heterocycles. The second-order valence-corrected chi connectivity index (χ2v) is 4.67. The van der Waals surface area contributed by atoms with Crippen LogP contribution in [0.3, 0.4) is 0 Å². The molecule has 10 nitrogen and oxygen atoms in total. The number of rotatable bonds is 5. The number of halogens is 1. The number of hydrogen-bond acceptors (Lipinski definition) is 7. The molecule has 12 heteroatoms. The van der Waals surface area contributed by atoms with Crippen LogP contribution in [0.15, 0.2) is 29.4 Å². The van der Waals surface area contributed by atoms with Gasteiger partial charge in [-0.2, -0.15) is 0 Å². The molecule has 1 rings (SSSR count). The standard InChI is InChI=1S/C11H17N3.ClHO4.Cu.N3/c1-14(2)9-5-7-12-10-11-6-3-4-8-13-11;2-1(3,4)5;;1-3-2/h3-4,6,8,10H,5,7,9H2,1-2H3;(H,2,3,4,5);;/q;;+2;-1/p-1. The van der Waals surface area contributed by atoms with E-state index in [4.69, 9.17) is 29.7 Å². The third kappa shape index (κ3) is 33.5. The van der Waals surface area contributed by atoms with Crippen molar-refractivity contribution in [3.05, 3.63) is 46.1 Å². The van der Waals surface area contributed by atoms with Crippen LogP contribution in [-0.2, 0) is 17.1 Å². The normalized spacial score (nSPS) is 9.87. The van der Waals surface area contributed by atoms with Gasteiger partial charge in [0.1, 0.15) is 0 Å². The molecule has 0 amide bonds. The van der Waals surface area contributed by atoms with E-state index in [-0.39, 0.29) is 17.1 Å². The summed E-state index contributed by atoms with van der Waals surface area (Å²) in [4.78, 5) is 12.1. The molecule has 1 aromatic rings. The minimum absolute atomic E-state index is 0. The van der Waals surface area contributed by atoms with Gasteiger partial charge in [0.05, 0.1) is 5.69 Å². The van der Waals surface area contributed by atoms with Crippen molar-refractivity contribution in [3.63, 3.8) is 0 Å². The van der Waals surface area contributed by atoms with Crippen molar-refractivity contribution in [3.8, 4) is 0 Å². The maximum Gasteiger partial charge on any atom is 2.00 e. The molecule has 0 unspecified atom stereocenters. The first kappa shape index (κ1) is 26.6. The molecule has 0 N–H and O–H groups in total. The Morgan fingerprint density at radius 2 is 1.78 bits per heavy atom. The molecule has 0 aliphatic carbocycles. The average molecular weight is 396 g/mol. The van der Waals surface area contributed by atoms with Crippen molar-refractivity contribution < 1.29 is 45.9 Å². The van der Waals surface area contributed by atoms with Crippen LogP contribution in [0.4, 0.5) is 0 Å². The molecule has 0 spiro atoms. The monoisotopic (exact) mass is 395 g/mol. The molecule has 23 heavy (non-hydrogen) atoms. The zero-order valence-corrected chi connectivity index (χ0v) is 14.2. The SMILES string of the molecule is CN(C)CCCN=Cc1ccccn1.[Cu+2].[N-]=[N+]=[N-].[O-][Cl+3]([O-])([O-])[O-]. The maximum atomic E-state index is 8.49. The van der Waals surface area contributed by atoms with Gasteiger partial charge in [-0.15, -0.1) is 10.2 Å². The van der Waals surface area contributed by atoms with Crippen molar-refractivity contribution in [1.29, 1.82) is 0 Å². The number of pyridine rings is 1. The zero-order valence-electron chi connectivity index (χ0n) is 12.5. The minimum atomic E-state index is -4.94. The van der Waals surface area contributed by atoms with Gasteiger partial charge in [-0.05, 0) is 39.2 Å². The van der Waals surface area contributed by atoms with Gasteiger partial charge in [-0.25, -0.2) is 18.6 Å². The van der Waals surface area contributed by atoms with Gasteiger partial charge < -0.3 is 16.0 Å². The number of nitrogens with zero attached hydrogens (tertiary/aromatic N) is 6. The first-order valence-corrected chi connectivity index (χ1v) is 7.10. The van der Waals surface area contributed by atoms with Gasteiger partial charge in [-0.3, -0.25) is 14.9 Å². The van der Waals surface area contributed by atoms with Crippen molar-refractivity contribution in [2.24, 2.45) is 4.99 Å². The summed E-state index contributed by atoms with van der Waals surface area (Å²) in [5.74, 6) is 0. The summed E-state index contributed by atoms with van der Waals surface area (Å²) < 4.78 is 34.0. The second-order valence-electron chi connectivity index (χ2n) is 3.91. The van der Waals surface area contributed by atoms with Gasteiger partial charge in [0.15, 0.2) is 0 Å². The third-order valence-corrected chi connectivity index (χ3v) is 1.80. The molecule has 0 aliphatic rings. The average Bonchev–Trinajstić information content (AvgIpc) is 2.38. The van der Waals surface area contributed by atoms with Crippen LogP contribution in [0.2, 0.25) is 0 Å². The van der Waals surface area contributed by atoms with Gasteiger partial charge in [-0.1, -0.05) is 6.07 Å². The van der Waals surface area contributed by atoms with Gasteiger partial charge in [0.2, 0.25) is 0 Å². The molecular formula is C11H17ClCuN6O4. The summed E-state index contributed by atoms with van der Waals surface area (Å²) in [6.45, 7) is 1.95. The van der Waals surface area contributed by atoms with Crippen LogP contribution in [0, 0.1) is 10.2 Å². The molecule has 0 bridgehead atoms. The minimum Gasteiger partial charge on any atom is -0.373 e. The summed E-state index contributed by atoms with van der Waals surface area (Å²) in [7, 11) is -0.801. The Balaban J connectivity index is -0.000000376. The van der Waals surface area contributed by atoms with Crippen LogP contribution in [0.5, 0.6) is 0 Å². The fourth-order valence-corrected chi connectivity index (χ4v) is 1.09. The molecule has 0 saturated heterocycles. The predicted octanol–water partition coefficient (Wildman–Crippen LogP) is -2.44. The van der Waals surface area contributed by atoms with E-state index in [1.54, 1.807) is 6.20 Å². The summed E-state index contributed by atoms with van der Waals surface area (Å²) in [5.41, 5.74) is 14.4. The summed E-state index contributed by atoms with van der Waals surface area (Å²) in [6.07, 6.45) is 4.70. The molecular weight excluding hydrogens is 379 g/mol. The van der Waals surface area contributed by atoms with Crippen molar-refractivity contribution in [2.45, 2.75) is 6.42 Å². The molecule has 0 aromatic carbocycles. The largest absolute Gasteiger partial charge is 2.00 e. The van der Waals surface area contributed by atoms with E-state index in [2.05, 4.69) is 29.0 Å². The van der Waals surface area contributed by atoms with Crippen molar-refractivity contribution in [2.75, 3.05) is 27.2 Å². The molecule has 133 valence electrons. The van der Waals surface area contributed by atoms with E-state index < -0.39 is 10.2 Å². The van der Waals surface area contributed by atoms with Gasteiger partial charge >= 0.3 is 17.1 Å². The van der Waals surface area contributed by atoms with Crippen LogP contribution in [-0.4, -0.2) is 43.3 Å². The van der Waals surface area contributed by atoms with E-state index >= 15 is 0 Å². The summed E-state index contributed by atoms with van der Waals surface area (Å²) in [5, 5.41) is 0. The predicted molar refractivity (Wildman–Crippen MR) is 69.9 cm³/mol. The van der Waals surface area contributed by atoms with Crippen LogP contribution in [0.25, 0.3) is 16.0 Å².